The van der Waals surface area contributed by atoms with Crippen LogP contribution in [-0.4, -0.2) is 37.4 Å². The number of aryl methyl sites for hydroxylation is 1. The minimum Gasteiger partial charge on any atom is -0.459 e. The van der Waals surface area contributed by atoms with E-state index in [1.165, 1.54) is 11.1 Å². The van der Waals surface area contributed by atoms with Gasteiger partial charge in [-0.3, -0.25) is 9.48 Å². The van der Waals surface area contributed by atoms with E-state index in [0.29, 0.717) is 12.0 Å². The number of carbonyl (C=O) groups is 1. The Balaban J connectivity index is 1.44. The number of benzene rings is 1. The highest BCUT2D eigenvalue weighted by atomic mass is 16.6. The first-order valence-electron chi connectivity index (χ1n) is 10.7. The van der Waals surface area contributed by atoms with E-state index >= 15 is 0 Å². The molecule has 0 saturated carbocycles. The van der Waals surface area contributed by atoms with Crippen LogP contribution in [0.4, 0.5) is 5.95 Å². The average Bonchev–Trinajstić information content (AvgIpc) is 3.30. The zero-order valence-corrected chi connectivity index (χ0v) is 18.6. The van der Waals surface area contributed by atoms with Crippen molar-refractivity contribution in [3.63, 3.8) is 0 Å². The van der Waals surface area contributed by atoms with Crippen LogP contribution in [0.25, 0.3) is 11.1 Å². The van der Waals surface area contributed by atoms with Crippen molar-refractivity contribution in [2.75, 3.05) is 5.32 Å². The van der Waals surface area contributed by atoms with Crippen LogP contribution < -0.4 is 5.32 Å². The second-order valence-corrected chi connectivity index (χ2v) is 8.94. The summed E-state index contributed by atoms with van der Waals surface area (Å²) in [7, 11) is 0. The maximum absolute atomic E-state index is 12.1. The average molecular weight is 420 g/mol. The fraction of sp³-hybridized carbons (Fsp3) is 0.417. The second kappa shape index (κ2) is 8.49. The molecular weight excluding hydrogens is 390 g/mol. The molecule has 31 heavy (non-hydrogen) atoms. The molecule has 0 spiro atoms. The van der Waals surface area contributed by atoms with Gasteiger partial charge in [0.2, 0.25) is 5.95 Å². The molecule has 0 unspecified atom stereocenters. The molecule has 7 heteroatoms. The van der Waals surface area contributed by atoms with E-state index in [-0.39, 0.29) is 12.5 Å². The fourth-order valence-corrected chi connectivity index (χ4v) is 3.94. The van der Waals surface area contributed by atoms with Gasteiger partial charge in [-0.2, -0.15) is 5.10 Å². The molecule has 2 aromatic heterocycles. The van der Waals surface area contributed by atoms with Crippen molar-refractivity contribution < 1.29 is 9.53 Å². The first-order valence-corrected chi connectivity index (χ1v) is 10.7. The van der Waals surface area contributed by atoms with Crippen LogP contribution in [0.5, 0.6) is 0 Å². The number of esters is 1. The number of fused-ring (bicyclic) bond motifs is 1. The van der Waals surface area contributed by atoms with Gasteiger partial charge in [-0.25, -0.2) is 9.97 Å². The third-order valence-electron chi connectivity index (χ3n) is 5.23. The summed E-state index contributed by atoms with van der Waals surface area (Å²) in [5, 5.41) is 7.99. The first-order chi connectivity index (χ1) is 14.8. The molecule has 0 fully saturated rings. The molecule has 2 heterocycles. The van der Waals surface area contributed by atoms with E-state index in [2.05, 4.69) is 44.6 Å². The molecule has 1 N–H and O–H groups in total. The van der Waals surface area contributed by atoms with Crippen molar-refractivity contribution >= 4 is 11.9 Å². The zero-order chi connectivity index (χ0) is 22.0. The fourth-order valence-electron chi connectivity index (χ4n) is 3.94. The molecule has 3 aromatic rings. The molecule has 0 atom stereocenters. The van der Waals surface area contributed by atoms with Crippen LogP contribution in [-0.2, 0) is 35.3 Å². The lowest BCUT2D eigenvalue weighted by Gasteiger charge is -2.19. The number of anilines is 1. The number of rotatable bonds is 6. The first kappa shape index (κ1) is 21.0. The zero-order valence-electron chi connectivity index (χ0n) is 18.6. The summed E-state index contributed by atoms with van der Waals surface area (Å²) in [6.45, 7) is 7.68. The molecule has 0 aliphatic heterocycles. The molecule has 0 bridgehead atoms. The molecule has 1 aromatic carbocycles. The van der Waals surface area contributed by atoms with Gasteiger partial charge < -0.3 is 10.1 Å². The minimum atomic E-state index is -0.516. The number of aromatic nitrogens is 4. The molecule has 0 saturated heterocycles. The SMILES string of the molecule is CCc1nn(CC(=O)OC(C)(C)C)cc1-c1cnc(NC2Cc3ccccc3C2)nc1. The van der Waals surface area contributed by atoms with E-state index < -0.39 is 5.60 Å². The van der Waals surface area contributed by atoms with Crippen molar-refractivity contribution in [2.24, 2.45) is 0 Å². The van der Waals surface area contributed by atoms with Gasteiger partial charge in [-0.05, 0) is 51.2 Å². The smallest absolute Gasteiger partial charge is 0.328 e. The quantitative estimate of drug-likeness (QED) is 0.612. The Labute approximate surface area is 182 Å². The van der Waals surface area contributed by atoms with E-state index in [4.69, 9.17) is 4.74 Å². The Morgan fingerprint density at radius 3 is 2.39 bits per heavy atom. The van der Waals surface area contributed by atoms with Gasteiger partial charge >= 0.3 is 5.97 Å². The summed E-state index contributed by atoms with van der Waals surface area (Å²) in [6, 6.07) is 8.84. The highest BCUT2D eigenvalue weighted by Crippen LogP contribution is 2.25. The van der Waals surface area contributed by atoms with Crippen LogP contribution in [0.3, 0.4) is 0 Å². The highest BCUT2D eigenvalue weighted by Gasteiger charge is 2.22. The van der Waals surface area contributed by atoms with Crippen LogP contribution in [0.15, 0.2) is 42.9 Å². The Bertz CT molecular complexity index is 1040. The molecule has 4 rings (SSSR count). The standard InChI is InChI=1S/C24H29N5O2/c1-5-21-20(14-29(28-21)15-22(30)31-24(2,3)4)18-12-25-23(26-13-18)27-19-10-16-8-6-7-9-17(16)11-19/h6-9,12-14,19H,5,10-11,15H2,1-4H3,(H,25,26,27). The van der Waals surface area contributed by atoms with Gasteiger partial charge in [0.05, 0.1) is 5.69 Å². The van der Waals surface area contributed by atoms with Gasteiger partial charge in [0, 0.05) is 35.8 Å². The predicted molar refractivity (Wildman–Crippen MR) is 120 cm³/mol. The summed E-state index contributed by atoms with van der Waals surface area (Å²) in [5.74, 6) is 0.318. The van der Waals surface area contributed by atoms with Gasteiger partial charge in [0.1, 0.15) is 12.1 Å². The molecular formula is C24H29N5O2. The summed E-state index contributed by atoms with van der Waals surface area (Å²) in [4.78, 5) is 21.2. The van der Waals surface area contributed by atoms with E-state index in [1.807, 2.05) is 46.3 Å². The van der Waals surface area contributed by atoms with E-state index in [9.17, 15) is 4.79 Å². The van der Waals surface area contributed by atoms with Crippen molar-refractivity contribution in [3.05, 3.63) is 59.7 Å². The van der Waals surface area contributed by atoms with Crippen LogP contribution in [0.2, 0.25) is 0 Å². The maximum Gasteiger partial charge on any atom is 0.328 e. The van der Waals surface area contributed by atoms with Crippen LogP contribution in [0, 0.1) is 0 Å². The normalized spacial score (nSPS) is 13.8. The van der Waals surface area contributed by atoms with Gasteiger partial charge in [-0.1, -0.05) is 31.2 Å². The topological polar surface area (TPSA) is 81.9 Å². The van der Waals surface area contributed by atoms with Crippen molar-refractivity contribution in [1.82, 2.24) is 19.7 Å². The Morgan fingerprint density at radius 2 is 1.81 bits per heavy atom. The van der Waals surface area contributed by atoms with Gasteiger partial charge in [0.25, 0.3) is 0 Å². The number of hydrogen-bond donors (Lipinski definition) is 1. The Hall–Kier alpha value is -3.22. The predicted octanol–water partition coefficient (Wildman–Crippen LogP) is 3.82. The molecule has 1 aliphatic carbocycles. The van der Waals surface area contributed by atoms with Crippen molar-refractivity contribution in [2.45, 2.75) is 65.1 Å². The number of ether oxygens (including phenoxy) is 1. The molecule has 162 valence electrons. The monoisotopic (exact) mass is 419 g/mol. The summed E-state index contributed by atoms with van der Waals surface area (Å²) in [6.07, 6.45) is 8.20. The van der Waals surface area contributed by atoms with E-state index in [0.717, 1.165) is 36.1 Å². The second-order valence-electron chi connectivity index (χ2n) is 8.94. The lowest BCUT2D eigenvalue weighted by Crippen LogP contribution is -2.26. The Kier molecular flexibility index (Phi) is 5.76. The molecule has 0 radical (unpaired) electrons. The third kappa shape index (κ3) is 5.10. The van der Waals surface area contributed by atoms with Crippen LogP contribution >= 0.6 is 0 Å². The van der Waals surface area contributed by atoms with Gasteiger partial charge in [0.15, 0.2) is 0 Å². The number of nitrogens with zero attached hydrogens (tertiary/aromatic N) is 4. The van der Waals surface area contributed by atoms with E-state index in [1.54, 1.807) is 4.68 Å². The Morgan fingerprint density at radius 1 is 1.16 bits per heavy atom. The molecule has 1 aliphatic rings. The number of carbonyl (C=O) groups excluding carboxylic acids is 1. The highest BCUT2D eigenvalue weighted by molar-refractivity contribution is 5.70. The summed E-state index contributed by atoms with van der Waals surface area (Å²) < 4.78 is 7.03. The maximum atomic E-state index is 12.1. The van der Waals surface area contributed by atoms with Gasteiger partial charge in [-0.15, -0.1) is 0 Å². The summed E-state index contributed by atoms with van der Waals surface area (Å²) >= 11 is 0. The molecule has 7 nitrogen and oxygen atoms in total. The minimum absolute atomic E-state index is 0.0764. The lowest BCUT2D eigenvalue weighted by atomic mass is 10.1. The third-order valence-corrected chi connectivity index (χ3v) is 5.23. The summed E-state index contributed by atoms with van der Waals surface area (Å²) in [5.41, 5.74) is 4.98. The van der Waals surface area contributed by atoms with Crippen LogP contribution in [0.1, 0.15) is 44.5 Å². The largest absolute Gasteiger partial charge is 0.459 e. The van der Waals surface area contributed by atoms with Crippen molar-refractivity contribution in [1.29, 1.82) is 0 Å². The lowest BCUT2D eigenvalue weighted by molar-refractivity contribution is -0.155. The van der Waals surface area contributed by atoms with Crippen molar-refractivity contribution in [3.8, 4) is 11.1 Å². The number of hydrogen-bond acceptors (Lipinski definition) is 6. The molecule has 0 amide bonds. The number of nitrogens with one attached hydrogen (secondary N) is 1.